The van der Waals surface area contributed by atoms with Gasteiger partial charge < -0.3 is 13.3 Å². The third-order valence-corrected chi connectivity index (χ3v) is 19.6. The van der Waals surface area contributed by atoms with Crippen molar-refractivity contribution in [2.45, 2.75) is 155 Å². The van der Waals surface area contributed by atoms with Gasteiger partial charge in [0, 0.05) is 10.8 Å². The molecule has 3 nitrogen and oxygen atoms in total. The molecular formula is C24H58O3Si4. The second kappa shape index (κ2) is 11.0. The summed E-state index contributed by atoms with van der Waals surface area (Å²) >= 11 is 0. The van der Waals surface area contributed by atoms with Crippen LogP contribution in [-0.4, -0.2) is 50.3 Å². The average Bonchev–Trinajstić information content (AvgIpc) is 2.59. The summed E-state index contributed by atoms with van der Waals surface area (Å²) < 4.78 is 21.2. The SMILES string of the molecule is CCC(O[SiH](C)C(C)(CC)C(C)(C)O[Si](C)(C)C(CC)(CC)O[Si](C)(C)C)[Si](C)(C)C. The van der Waals surface area contributed by atoms with Crippen LogP contribution in [0.15, 0.2) is 0 Å². The van der Waals surface area contributed by atoms with Crippen LogP contribution in [0.4, 0.5) is 0 Å². The molecule has 0 fully saturated rings. The van der Waals surface area contributed by atoms with E-state index in [-0.39, 0.29) is 15.9 Å². The van der Waals surface area contributed by atoms with Crippen LogP contribution in [0.2, 0.25) is 64.0 Å². The quantitative estimate of drug-likeness (QED) is 0.222. The van der Waals surface area contributed by atoms with Crippen molar-refractivity contribution < 1.29 is 13.3 Å². The first kappa shape index (κ1) is 31.7. The van der Waals surface area contributed by atoms with Crippen LogP contribution in [0, 0.1) is 0 Å². The Bertz CT molecular complexity index is 548. The van der Waals surface area contributed by atoms with Gasteiger partial charge in [0.1, 0.15) is 0 Å². The Morgan fingerprint density at radius 3 is 1.48 bits per heavy atom. The molecule has 7 heteroatoms. The molecule has 0 aliphatic carbocycles. The van der Waals surface area contributed by atoms with Crippen LogP contribution in [0.25, 0.3) is 0 Å². The van der Waals surface area contributed by atoms with Crippen molar-refractivity contribution in [3.63, 3.8) is 0 Å². The number of hydrogen-bond acceptors (Lipinski definition) is 3. The van der Waals surface area contributed by atoms with Gasteiger partial charge in [0.05, 0.1) is 18.9 Å². The van der Waals surface area contributed by atoms with Crippen molar-refractivity contribution in [2.24, 2.45) is 0 Å². The summed E-state index contributed by atoms with van der Waals surface area (Å²) in [4.78, 5) is 0. The van der Waals surface area contributed by atoms with E-state index in [9.17, 15) is 0 Å². The zero-order valence-electron chi connectivity index (χ0n) is 24.2. The highest BCUT2D eigenvalue weighted by Crippen LogP contribution is 2.51. The number of hydrogen-bond donors (Lipinski definition) is 0. The molecule has 0 bridgehead atoms. The molecule has 0 aliphatic rings. The molecule has 0 aromatic carbocycles. The maximum Gasteiger partial charge on any atom is 0.217 e. The highest BCUT2D eigenvalue weighted by molar-refractivity contribution is 6.78. The van der Waals surface area contributed by atoms with Gasteiger partial charge in [-0.05, 0) is 78.8 Å². The van der Waals surface area contributed by atoms with Crippen LogP contribution in [0.1, 0.15) is 74.1 Å². The standard InChI is InChI=1S/C24H58O3Si4/c1-17-21(29(9,10)11)25-28(8)23(7,18-2)22(5,6)26-31(15,16)24(19-3,20-4)27-30(12,13)14/h21,28H,17-20H2,1-16H3. The van der Waals surface area contributed by atoms with Crippen LogP contribution in [0.3, 0.4) is 0 Å². The molecule has 0 saturated carbocycles. The molecule has 31 heavy (non-hydrogen) atoms. The maximum atomic E-state index is 7.30. The van der Waals surface area contributed by atoms with Crippen LogP contribution in [0.5, 0.6) is 0 Å². The minimum Gasteiger partial charge on any atom is -0.420 e. The Hall–Kier alpha value is 0.748. The van der Waals surface area contributed by atoms with Gasteiger partial charge in [-0.2, -0.15) is 0 Å². The van der Waals surface area contributed by atoms with Crippen molar-refractivity contribution >= 4 is 33.7 Å². The molecule has 0 aliphatic heterocycles. The third kappa shape index (κ3) is 7.62. The van der Waals surface area contributed by atoms with E-state index in [0.29, 0.717) is 5.73 Å². The Balaban J connectivity index is 6.06. The van der Waals surface area contributed by atoms with Gasteiger partial charge in [-0.15, -0.1) is 0 Å². The van der Waals surface area contributed by atoms with E-state index in [2.05, 4.69) is 107 Å². The molecule has 0 saturated heterocycles. The van der Waals surface area contributed by atoms with Gasteiger partial charge in [-0.1, -0.05) is 54.3 Å². The first-order valence-corrected chi connectivity index (χ1v) is 24.8. The molecular weight excluding hydrogens is 449 g/mol. The van der Waals surface area contributed by atoms with Gasteiger partial charge in [0.25, 0.3) is 0 Å². The summed E-state index contributed by atoms with van der Waals surface area (Å²) in [6, 6.07) is 0. The van der Waals surface area contributed by atoms with E-state index in [4.69, 9.17) is 13.3 Å². The Morgan fingerprint density at radius 1 is 0.742 bits per heavy atom. The van der Waals surface area contributed by atoms with Gasteiger partial charge in [-0.3, -0.25) is 0 Å². The molecule has 0 amide bonds. The van der Waals surface area contributed by atoms with Crippen molar-refractivity contribution in [3.8, 4) is 0 Å². The smallest absolute Gasteiger partial charge is 0.217 e. The van der Waals surface area contributed by atoms with E-state index >= 15 is 0 Å². The summed E-state index contributed by atoms with van der Waals surface area (Å²) in [5.74, 6) is 0. The monoisotopic (exact) mass is 506 g/mol. The number of rotatable bonds is 14. The minimum absolute atomic E-state index is 0.0523. The molecule has 0 N–H and O–H groups in total. The first-order chi connectivity index (χ1) is 13.7. The van der Waals surface area contributed by atoms with Gasteiger partial charge in [0.15, 0.2) is 17.4 Å². The van der Waals surface area contributed by atoms with E-state index in [0.717, 1.165) is 25.7 Å². The molecule has 0 aromatic heterocycles. The minimum atomic E-state index is -2.20. The van der Waals surface area contributed by atoms with Crippen LogP contribution >= 0.6 is 0 Å². The lowest BCUT2D eigenvalue weighted by Crippen LogP contribution is -2.65. The molecule has 0 radical (unpaired) electrons. The van der Waals surface area contributed by atoms with Gasteiger partial charge >= 0.3 is 0 Å². The lowest BCUT2D eigenvalue weighted by molar-refractivity contribution is 0.00626. The van der Waals surface area contributed by atoms with Crippen molar-refractivity contribution in [1.82, 2.24) is 0 Å². The Morgan fingerprint density at radius 2 is 1.19 bits per heavy atom. The predicted molar refractivity (Wildman–Crippen MR) is 151 cm³/mol. The molecule has 0 aromatic rings. The van der Waals surface area contributed by atoms with E-state index in [1.54, 1.807) is 0 Å². The zero-order valence-corrected chi connectivity index (χ0v) is 28.4. The maximum absolute atomic E-state index is 7.30. The second-order valence-corrected chi connectivity index (χ2v) is 29.6. The van der Waals surface area contributed by atoms with Crippen LogP contribution < -0.4 is 0 Å². The molecule has 0 heterocycles. The first-order valence-electron chi connectivity index (χ1n) is 12.7. The Labute approximate surface area is 201 Å². The molecule has 188 valence electrons. The average molecular weight is 507 g/mol. The van der Waals surface area contributed by atoms with Crippen molar-refractivity contribution in [3.05, 3.63) is 0 Å². The predicted octanol–water partition coefficient (Wildman–Crippen LogP) is 8.13. The van der Waals surface area contributed by atoms with Crippen molar-refractivity contribution in [1.29, 1.82) is 0 Å². The zero-order chi connectivity index (χ0) is 25.1. The lowest BCUT2D eigenvalue weighted by Gasteiger charge is -2.55. The van der Waals surface area contributed by atoms with Crippen molar-refractivity contribution in [2.75, 3.05) is 0 Å². The van der Waals surface area contributed by atoms with Gasteiger partial charge in [-0.25, -0.2) is 0 Å². The topological polar surface area (TPSA) is 27.7 Å². The van der Waals surface area contributed by atoms with E-state index in [1.165, 1.54) is 0 Å². The van der Waals surface area contributed by atoms with E-state index < -0.39 is 33.7 Å². The van der Waals surface area contributed by atoms with E-state index in [1.807, 2.05) is 0 Å². The summed E-state index contributed by atoms with van der Waals surface area (Å²) in [5, 5.41) is -0.0873. The fraction of sp³-hybridized carbons (Fsp3) is 1.00. The summed E-state index contributed by atoms with van der Waals surface area (Å²) in [6.07, 6.45) is 4.24. The second-order valence-electron chi connectivity index (χ2n) is 12.9. The molecule has 0 spiro atoms. The largest absolute Gasteiger partial charge is 0.420 e. The molecule has 3 atom stereocenters. The van der Waals surface area contributed by atoms with Crippen LogP contribution in [-0.2, 0) is 13.3 Å². The van der Waals surface area contributed by atoms with Gasteiger partial charge in [0.2, 0.25) is 8.32 Å². The Kier molecular flexibility index (Phi) is 11.3. The summed E-state index contributed by atoms with van der Waals surface area (Å²) in [5.41, 5.74) is 0.181. The molecule has 3 unspecified atom stereocenters. The molecule has 0 rings (SSSR count). The highest BCUT2D eigenvalue weighted by Gasteiger charge is 2.56. The lowest BCUT2D eigenvalue weighted by atomic mass is 9.89. The fourth-order valence-electron chi connectivity index (χ4n) is 5.31. The third-order valence-electron chi connectivity index (χ3n) is 7.96. The fourth-order valence-corrected chi connectivity index (χ4v) is 18.3. The highest BCUT2D eigenvalue weighted by atomic mass is 28.4. The summed E-state index contributed by atoms with van der Waals surface area (Å²) in [6.45, 7) is 37.7. The normalized spacial score (nSPS) is 18.6. The summed E-state index contributed by atoms with van der Waals surface area (Å²) in [7, 11) is -6.78.